The van der Waals surface area contributed by atoms with Gasteiger partial charge in [-0.15, -0.1) is 0 Å². The summed E-state index contributed by atoms with van der Waals surface area (Å²) in [5.74, 6) is -0.0969. The van der Waals surface area contributed by atoms with E-state index in [4.69, 9.17) is 10.5 Å². The van der Waals surface area contributed by atoms with E-state index < -0.39 is 0 Å². The van der Waals surface area contributed by atoms with Crippen LogP contribution >= 0.6 is 0 Å². The summed E-state index contributed by atoms with van der Waals surface area (Å²) in [6, 6.07) is 9.30. The maximum atomic E-state index is 11.6. The molecule has 0 saturated heterocycles. The number of nitriles is 1. The first kappa shape index (κ1) is 16.0. The number of ether oxygens (including phenoxy) is 1. The van der Waals surface area contributed by atoms with Gasteiger partial charge >= 0.3 is 5.97 Å². The molecule has 0 amide bonds. The molecule has 0 spiro atoms. The number of hydrogen-bond donors (Lipinski definition) is 1. The number of carbonyl (C=O) groups excluding carboxylic acids is 1. The molecule has 1 aromatic carbocycles. The van der Waals surface area contributed by atoms with Crippen LogP contribution < -0.4 is 5.73 Å². The Morgan fingerprint density at radius 1 is 1.21 bits per heavy atom. The van der Waals surface area contributed by atoms with Crippen molar-refractivity contribution < 1.29 is 9.53 Å². The predicted octanol–water partition coefficient (Wildman–Crippen LogP) is 3.26. The molecule has 24 heavy (non-hydrogen) atoms. The van der Waals surface area contributed by atoms with E-state index in [0.29, 0.717) is 11.1 Å². The summed E-state index contributed by atoms with van der Waals surface area (Å²) in [4.78, 5) is 16.1. The molecule has 3 rings (SSSR count). The summed E-state index contributed by atoms with van der Waals surface area (Å²) in [6.45, 7) is 0. The molecule has 0 fully saturated rings. The van der Waals surface area contributed by atoms with E-state index in [1.54, 1.807) is 12.1 Å². The lowest BCUT2D eigenvalue weighted by Crippen LogP contribution is -2.07. The highest BCUT2D eigenvalue weighted by Crippen LogP contribution is 2.35. The molecule has 1 heterocycles. The van der Waals surface area contributed by atoms with Crippen molar-refractivity contribution in [2.24, 2.45) is 0 Å². The first-order valence-electron chi connectivity index (χ1n) is 8.05. The van der Waals surface area contributed by atoms with Crippen LogP contribution in [-0.2, 0) is 17.6 Å². The number of pyridine rings is 1. The summed E-state index contributed by atoms with van der Waals surface area (Å²) >= 11 is 0. The van der Waals surface area contributed by atoms with Crippen molar-refractivity contribution in [3.63, 3.8) is 0 Å². The minimum atomic E-state index is -0.380. The summed E-state index contributed by atoms with van der Waals surface area (Å²) in [5.41, 5.74) is 10.8. The highest BCUT2D eigenvalue weighted by Gasteiger charge is 2.21. The number of nitrogens with zero attached hydrogens (tertiary/aromatic N) is 2. The van der Waals surface area contributed by atoms with E-state index >= 15 is 0 Å². The van der Waals surface area contributed by atoms with E-state index in [2.05, 4.69) is 11.1 Å². The Hall–Kier alpha value is -2.87. The SMILES string of the molecule is COC(=O)c1ccc(-c2c(C#N)c(N)nc3c2CCCCC3)cc1. The minimum Gasteiger partial charge on any atom is -0.465 e. The molecule has 0 saturated carbocycles. The number of carbonyl (C=O) groups is 1. The van der Waals surface area contributed by atoms with Gasteiger partial charge in [-0.3, -0.25) is 0 Å². The Morgan fingerprint density at radius 2 is 1.92 bits per heavy atom. The predicted molar refractivity (Wildman–Crippen MR) is 91.4 cm³/mol. The number of esters is 1. The van der Waals surface area contributed by atoms with E-state index in [1.807, 2.05) is 12.1 Å². The van der Waals surface area contributed by atoms with Gasteiger partial charge in [0.25, 0.3) is 0 Å². The number of rotatable bonds is 2. The molecule has 1 aliphatic rings. The third-order valence-corrected chi connectivity index (χ3v) is 4.46. The first-order valence-corrected chi connectivity index (χ1v) is 8.05. The molecule has 1 aromatic heterocycles. The van der Waals surface area contributed by atoms with E-state index in [1.165, 1.54) is 7.11 Å². The summed E-state index contributed by atoms with van der Waals surface area (Å²) in [5, 5.41) is 9.57. The number of benzene rings is 1. The maximum Gasteiger partial charge on any atom is 0.337 e. The molecule has 0 aliphatic heterocycles. The van der Waals surface area contributed by atoms with Crippen LogP contribution in [0.2, 0.25) is 0 Å². The van der Waals surface area contributed by atoms with E-state index in [0.717, 1.165) is 54.5 Å². The van der Waals surface area contributed by atoms with Crippen LogP contribution in [0.5, 0.6) is 0 Å². The van der Waals surface area contributed by atoms with Crippen molar-refractivity contribution in [1.29, 1.82) is 5.26 Å². The average Bonchev–Trinajstić information content (AvgIpc) is 2.85. The zero-order valence-electron chi connectivity index (χ0n) is 13.6. The van der Waals surface area contributed by atoms with E-state index in [-0.39, 0.29) is 11.8 Å². The van der Waals surface area contributed by atoms with Crippen LogP contribution in [0.4, 0.5) is 5.82 Å². The number of aryl methyl sites for hydroxylation is 1. The second-order valence-electron chi connectivity index (χ2n) is 5.91. The van der Waals surface area contributed by atoms with Crippen molar-refractivity contribution >= 4 is 11.8 Å². The van der Waals surface area contributed by atoms with Gasteiger partial charge in [0.15, 0.2) is 0 Å². The topological polar surface area (TPSA) is 89.0 Å². The molecule has 0 atom stereocenters. The zero-order chi connectivity index (χ0) is 17.1. The van der Waals surface area contributed by atoms with Crippen molar-refractivity contribution in [2.75, 3.05) is 12.8 Å². The highest BCUT2D eigenvalue weighted by atomic mass is 16.5. The van der Waals surface area contributed by atoms with Gasteiger partial charge in [-0.25, -0.2) is 9.78 Å². The summed E-state index contributed by atoms with van der Waals surface area (Å²) in [6.07, 6.45) is 5.10. The second kappa shape index (κ2) is 6.71. The molecule has 2 aromatic rings. The normalized spacial score (nSPS) is 13.5. The smallest absolute Gasteiger partial charge is 0.337 e. The molecular formula is C19H19N3O2. The number of hydrogen-bond acceptors (Lipinski definition) is 5. The van der Waals surface area contributed by atoms with E-state index in [9.17, 15) is 10.1 Å². The van der Waals surface area contributed by atoms with Gasteiger partial charge in [-0.2, -0.15) is 5.26 Å². The standard InChI is InChI=1S/C19H19N3O2/c1-24-19(23)13-9-7-12(8-10-13)17-14-5-3-2-4-6-16(14)22-18(21)15(17)11-20/h7-10H,2-6H2,1H3,(H2,21,22). The van der Waals surface area contributed by atoms with Gasteiger partial charge in [0.1, 0.15) is 17.5 Å². The van der Waals surface area contributed by atoms with Crippen molar-refractivity contribution in [3.05, 3.63) is 46.6 Å². The molecule has 0 unspecified atom stereocenters. The molecular weight excluding hydrogens is 302 g/mol. The van der Waals surface area contributed by atoms with Crippen LogP contribution in [0.3, 0.4) is 0 Å². The Morgan fingerprint density at radius 3 is 2.58 bits per heavy atom. The Balaban J connectivity index is 2.17. The first-order chi connectivity index (χ1) is 11.7. The highest BCUT2D eigenvalue weighted by molar-refractivity contribution is 5.90. The van der Waals surface area contributed by atoms with Gasteiger partial charge in [0.2, 0.25) is 0 Å². The van der Waals surface area contributed by atoms with Gasteiger partial charge in [0.05, 0.1) is 12.7 Å². The number of aromatic nitrogens is 1. The van der Waals surface area contributed by atoms with Gasteiger partial charge in [-0.05, 0) is 48.9 Å². The number of anilines is 1. The quantitative estimate of drug-likeness (QED) is 0.677. The third kappa shape index (κ3) is 2.83. The lowest BCUT2D eigenvalue weighted by molar-refractivity contribution is 0.0601. The van der Waals surface area contributed by atoms with Crippen molar-refractivity contribution in [2.45, 2.75) is 32.1 Å². The lowest BCUT2D eigenvalue weighted by atomic mass is 9.91. The Labute approximate surface area is 141 Å². The van der Waals surface area contributed by atoms with Crippen LogP contribution in [0.25, 0.3) is 11.1 Å². The number of nitrogens with two attached hydrogens (primary N) is 1. The van der Waals surface area contributed by atoms with Crippen LogP contribution in [0.15, 0.2) is 24.3 Å². The van der Waals surface area contributed by atoms with Gasteiger partial charge in [-0.1, -0.05) is 18.6 Å². The fourth-order valence-electron chi connectivity index (χ4n) is 3.26. The molecule has 5 nitrogen and oxygen atoms in total. The fraction of sp³-hybridized carbons (Fsp3) is 0.316. The van der Waals surface area contributed by atoms with Crippen molar-refractivity contribution in [1.82, 2.24) is 4.98 Å². The third-order valence-electron chi connectivity index (χ3n) is 4.46. The molecule has 0 radical (unpaired) electrons. The Bertz CT molecular complexity index is 820. The molecule has 2 N–H and O–H groups in total. The average molecular weight is 321 g/mol. The monoisotopic (exact) mass is 321 g/mol. The summed E-state index contributed by atoms with van der Waals surface area (Å²) < 4.78 is 4.73. The zero-order valence-corrected chi connectivity index (χ0v) is 13.6. The minimum absolute atomic E-state index is 0.283. The lowest BCUT2D eigenvalue weighted by Gasteiger charge is -2.16. The van der Waals surface area contributed by atoms with Crippen LogP contribution in [-0.4, -0.2) is 18.1 Å². The molecule has 1 aliphatic carbocycles. The van der Waals surface area contributed by atoms with Gasteiger partial charge in [0, 0.05) is 11.3 Å². The van der Waals surface area contributed by atoms with Crippen molar-refractivity contribution in [3.8, 4) is 17.2 Å². The fourth-order valence-corrected chi connectivity index (χ4v) is 3.26. The molecule has 5 heteroatoms. The maximum absolute atomic E-state index is 11.6. The summed E-state index contributed by atoms with van der Waals surface area (Å²) in [7, 11) is 1.35. The number of methoxy groups -OCH3 is 1. The second-order valence-corrected chi connectivity index (χ2v) is 5.91. The number of nitrogen functional groups attached to an aromatic ring is 1. The number of fused-ring (bicyclic) bond motifs is 1. The van der Waals surface area contributed by atoms with Crippen LogP contribution in [0, 0.1) is 11.3 Å². The van der Waals surface area contributed by atoms with Gasteiger partial charge < -0.3 is 10.5 Å². The largest absolute Gasteiger partial charge is 0.465 e. The Kier molecular flexibility index (Phi) is 4.48. The van der Waals surface area contributed by atoms with Crippen LogP contribution in [0.1, 0.15) is 46.4 Å². The molecule has 0 bridgehead atoms. The molecule has 122 valence electrons.